The predicted molar refractivity (Wildman–Crippen MR) is 329 cm³/mol. The van der Waals surface area contributed by atoms with Crippen LogP contribution in [0.25, 0.3) is 86.2 Å². The number of benzene rings is 10. The van der Waals surface area contributed by atoms with E-state index in [0.717, 1.165) is 167 Å². The van der Waals surface area contributed by atoms with E-state index in [4.69, 9.17) is 0 Å². The molecule has 12 nitrogen and oxygen atoms in total. The van der Waals surface area contributed by atoms with Crippen LogP contribution in [-0.4, -0.2) is 93.0 Å². The van der Waals surface area contributed by atoms with Crippen molar-refractivity contribution in [2.75, 3.05) is 26.2 Å². The number of hydrogen-bond donors (Lipinski definition) is 0. The van der Waals surface area contributed by atoms with E-state index in [1.54, 1.807) is 0 Å². The van der Waals surface area contributed by atoms with E-state index in [-0.39, 0.29) is 47.3 Å². The second kappa shape index (κ2) is 20.6. The first-order valence-corrected chi connectivity index (χ1v) is 31.0. The lowest BCUT2D eigenvalue weighted by molar-refractivity contribution is 0.0592. The number of amides is 8. The van der Waals surface area contributed by atoms with Gasteiger partial charge in [0.25, 0.3) is 47.3 Å². The molecule has 420 valence electrons. The Balaban J connectivity index is 0.651. The quantitative estimate of drug-likeness (QED) is 0.0827. The first-order chi connectivity index (χ1) is 41.1. The van der Waals surface area contributed by atoms with Crippen molar-refractivity contribution in [3.8, 4) is 0 Å². The SMILES string of the molecule is O=C1c2ccc3c4ccc5c6c7ccc(c8ccc(c2c38)C(=O)N1CCCCCCCCCCCCN1C(=O)c2ccc3c8ccc9c%10c(ccc(c%11ccc(c2c3%11)C1=O)c%108)C(=O)N(CCCCCCCCCCCCN(C5=O)C7=O)C9=O)c64. The van der Waals surface area contributed by atoms with Gasteiger partial charge in [-0.05, 0) is 139 Å². The van der Waals surface area contributed by atoms with Crippen molar-refractivity contribution in [3.05, 3.63) is 142 Å². The summed E-state index contributed by atoms with van der Waals surface area (Å²) >= 11 is 0. The third-order valence-electron chi connectivity index (χ3n) is 19.6. The van der Waals surface area contributed by atoms with Crippen molar-refractivity contribution in [2.45, 2.75) is 128 Å². The second-order valence-electron chi connectivity index (χ2n) is 24.4. The molecule has 84 heavy (non-hydrogen) atoms. The Kier molecular flexibility index (Phi) is 12.8. The highest BCUT2D eigenvalue weighted by Gasteiger charge is 2.39. The van der Waals surface area contributed by atoms with Gasteiger partial charge in [0, 0.05) is 92.2 Å². The van der Waals surface area contributed by atoms with Gasteiger partial charge in [-0.15, -0.1) is 0 Å². The van der Waals surface area contributed by atoms with Gasteiger partial charge in [-0.2, -0.15) is 0 Å². The first-order valence-electron chi connectivity index (χ1n) is 31.0. The van der Waals surface area contributed by atoms with Gasteiger partial charge < -0.3 is 0 Å². The standard InChI is InChI=1S/C72H64N4O8/c77-65-49-29-21-41-45-25-33-53-63-54-34-26-46(59(45)63)42-22-30-50(61(49)57(41)42)66(78)73(65)37-17-13-9-5-1-2-6-10-14-18-38-74-67(79)51-31-23-43-47-27-35-55-64-56(36-28-48(60(47)64)44-24-32-52(68(74)80)62(51)58(43)44)72(84)76(71(55)83)40-20-16-12-8-4-3-7-11-15-19-39-75(69(53)81)70(54)82/h21-36H,1-20,37-40H2. The van der Waals surface area contributed by atoms with Crippen LogP contribution >= 0.6 is 0 Å². The van der Waals surface area contributed by atoms with Crippen molar-refractivity contribution >= 4 is 133 Å². The van der Waals surface area contributed by atoms with Crippen molar-refractivity contribution in [3.63, 3.8) is 0 Å². The summed E-state index contributed by atoms with van der Waals surface area (Å²) in [5.41, 5.74) is 4.11. The summed E-state index contributed by atoms with van der Waals surface area (Å²) in [6.45, 7) is 1.39. The summed E-state index contributed by atoms with van der Waals surface area (Å²) in [5.74, 6) is -2.23. The van der Waals surface area contributed by atoms with Crippen LogP contribution in [0.1, 0.15) is 211 Å². The fourth-order valence-corrected chi connectivity index (χ4v) is 15.5. The average molecular weight is 1110 g/mol. The van der Waals surface area contributed by atoms with Gasteiger partial charge in [0.1, 0.15) is 0 Å². The minimum absolute atomic E-state index is 0.278. The molecule has 17 heterocycles. The average Bonchev–Trinajstić information content (AvgIpc) is 3.67. The normalized spacial score (nSPS) is 18.9. The van der Waals surface area contributed by atoms with Crippen LogP contribution in [0, 0.1) is 0 Å². The van der Waals surface area contributed by atoms with E-state index < -0.39 is 0 Å². The molecule has 0 unspecified atom stereocenters. The molecule has 17 aliphatic heterocycles. The zero-order valence-electron chi connectivity index (χ0n) is 47.3. The maximum absolute atomic E-state index is 14.2. The fraction of sp³-hybridized carbons (Fsp3) is 0.333. The molecule has 0 saturated carbocycles. The highest BCUT2D eigenvalue weighted by Crippen LogP contribution is 2.49. The molecular formula is C72H64N4O8. The Bertz CT molecular complexity index is 3740. The van der Waals surface area contributed by atoms with E-state index in [9.17, 15) is 38.4 Å². The van der Waals surface area contributed by atoms with Gasteiger partial charge in [-0.1, -0.05) is 151 Å². The zero-order chi connectivity index (χ0) is 57.1. The summed E-state index contributed by atoms with van der Waals surface area (Å²) in [5, 5.41) is 13.1. The monoisotopic (exact) mass is 1110 g/mol. The third kappa shape index (κ3) is 7.84. The number of carbonyl (C=O) groups is 8. The Hall–Kier alpha value is -8.64. The van der Waals surface area contributed by atoms with Crippen molar-refractivity contribution in [1.82, 2.24) is 19.6 Å². The smallest absolute Gasteiger partial charge is 0.261 e. The molecule has 8 amide bonds. The largest absolute Gasteiger partial charge is 0.274 e. The molecule has 10 aromatic carbocycles. The summed E-state index contributed by atoms with van der Waals surface area (Å²) in [4.78, 5) is 120. The fourth-order valence-electron chi connectivity index (χ4n) is 15.5. The van der Waals surface area contributed by atoms with Crippen LogP contribution in [0.4, 0.5) is 0 Å². The molecule has 0 aromatic heterocycles. The van der Waals surface area contributed by atoms with Gasteiger partial charge in [-0.3, -0.25) is 58.0 Å². The minimum Gasteiger partial charge on any atom is -0.274 e. The van der Waals surface area contributed by atoms with Crippen molar-refractivity contribution in [1.29, 1.82) is 0 Å². The molecule has 10 aromatic rings. The maximum Gasteiger partial charge on any atom is 0.261 e. The number of nitrogens with zero attached hydrogens (tertiary/aromatic N) is 4. The molecule has 17 aliphatic rings. The predicted octanol–water partition coefficient (Wildman–Crippen LogP) is 15.7. The number of carbonyl (C=O) groups excluding carboxylic acids is 8. The molecule has 0 fully saturated rings. The molecule has 0 radical (unpaired) electrons. The van der Waals surface area contributed by atoms with Gasteiger partial charge in [-0.25, -0.2) is 0 Å². The lowest BCUT2D eigenvalue weighted by atomic mass is 9.82. The first kappa shape index (κ1) is 52.2. The molecular weight excluding hydrogens is 1050 g/mol. The lowest BCUT2D eigenvalue weighted by Crippen LogP contribution is -2.41. The molecule has 0 saturated heterocycles. The summed E-state index contributed by atoms with van der Waals surface area (Å²) in [6.07, 6.45) is 19.0. The van der Waals surface area contributed by atoms with E-state index in [0.29, 0.717) is 118 Å². The van der Waals surface area contributed by atoms with Crippen molar-refractivity contribution < 1.29 is 38.4 Å². The van der Waals surface area contributed by atoms with E-state index >= 15 is 0 Å². The Morgan fingerprint density at radius 2 is 0.298 bits per heavy atom. The molecule has 27 rings (SSSR count). The highest BCUT2D eigenvalue weighted by atomic mass is 16.2. The highest BCUT2D eigenvalue weighted by molar-refractivity contribution is 6.43. The molecule has 0 aliphatic carbocycles. The van der Waals surface area contributed by atoms with Gasteiger partial charge in [0.15, 0.2) is 0 Å². The van der Waals surface area contributed by atoms with Crippen LogP contribution in [0.15, 0.2) is 97.1 Å². The molecule has 0 spiro atoms. The van der Waals surface area contributed by atoms with Crippen LogP contribution in [0.2, 0.25) is 0 Å². The summed E-state index contributed by atoms with van der Waals surface area (Å²) in [6, 6.07) is 30.4. The van der Waals surface area contributed by atoms with Crippen LogP contribution < -0.4 is 0 Å². The molecule has 12 heteroatoms. The van der Waals surface area contributed by atoms with Crippen LogP contribution in [0.3, 0.4) is 0 Å². The van der Waals surface area contributed by atoms with Gasteiger partial charge in [0.2, 0.25) is 0 Å². The Morgan fingerprint density at radius 1 is 0.167 bits per heavy atom. The third-order valence-corrected chi connectivity index (χ3v) is 19.6. The number of hydrogen-bond acceptors (Lipinski definition) is 8. The molecule has 28 bridgehead atoms. The van der Waals surface area contributed by atoms with E-state index in [1.165, 1.54) is 19.6 Å². The summed E-state index contributed by atoms with van der Waals surface area (Å²) in [7, 11) is 0. The summed E-state index contributed by atoms with van der Waals surface area (Å²) < 4.78 is 0. The topological polar surface area (TPSA) is 150 Å². The molecule has 0 atom stereocenters. The van der Waals surface area contributed by atoms with Crippen LogP contribution in [0.5, 0.6) is 0 Å². The minimum atomic E-state index is -0.278. The van der Waals surface area contributed by atoms with Gasteiger partial charge >= 0.3 is 0 Å². The number of imide groups is 4. The molecule has 0 N–H and O–H groups in total. The van der Waals surface area contributed by atoms with Crippen molar-refractivity contribution in [2.24, 2.45) is 0 Å². The Morgan fingerprint density at radius 3 is 0.440 bits per heavy atom. The van der Waals surface area contributed by atoms with E-state index in [1.807, 2.05) is 97.1 Å². The number of rotatable bonds is 0. The van der Waals surface area contributed by atoms with Gasteiger partial charge in [0.05, 0.1) is 0 Å². The second-order valence-corrected chi connectivity index (χ2v) is 24.4. The lowest BCUT2D eigenvalue weighted by Gasteiger charge is -2.30. The Labute approximate surface area is 485 Å². The van der Waals surface area contributed by atoms with E-state index in [2.05, 4.69) is 0 Å². The maximum atomic E-state index is 14.2. The van der Waals surface area contributed by atoms with Crippen LogP contribution in [-0.2, 0) is 0 Å². The zero-order valence-corrected chi connectivity index (χ0v) is 47.3.